The third-order valence-electron chi connectivity index (χ3n) is 5.70. The molecule has 1 N–H and O–H groups in total. The third kappa shape index (κ3) is 4.00. The van der Waals surface area contributed by atoms with E-state index in [0.29, 0.717) is 17.0 Å². The normalized spacial score (nSPS) is 17.2. The molecule has 1 aliphatic rings. The highest BCUT2D eigenvalue weighted by Crippen LogP contribution is 2.45. The van der Waals surface area contributed by atoms with Crippen molar-refractivity contribution in [3.63, 3.8) is 0 Å². The Kier molecular flexibility index (Phi) is 6.55. The molecule has 1 fully saturated rings. The molecule has 3 aromatic carbocycles. The second kappa shape index (κ2) is 9.41. The number of methoxy groups -OCH3 is 2. The molecule has 8 heteroatoms. The minimum absolute atomic E-state index is 0.107. The topological polar surface area (TPSA) is 76.1 Å². The molecule has 1 amide bonds. The summed E-state index contributed by atoms with van der Waals surface area (Å²) >= 11 is 12.4. The molecule has 1 aliphatic heterocycles. The second-order valence-corrected chi connectivity index (χ2v) is 8.54. The molecule has 1 unspecified atom stereocenters. The van der Waals surface area contributed by atoms with Gasteiger partial charge in [-0.05, 0) is 48.4 Å². The van der Waals surface area contributed by atoms with Gasteiger partial charge in [-0.2, -0.15) is 0 Å². The van der Waals surface area contributed by atoms with Crippen molar-refractivity contribution in [2.45, 2.75) is 13.0 Å². The third-order valence-corrected chi connectivity index (χ3v) is 6.20. The minimum Gasteiger partial charge on any atom is -0.507 e. The molecule has 3 aromatic rings. The molecular formula is C26H21Cl2NO5. The van der Waals surface area contributed by atoms with Crippen molar-refractivity contribution < 1.29 is 24.2 Å². The highest BCUT2D eigenvalue weighted by molar-refractivity contribution is 6.52. The Morgan fingerprint density at radius 2 is 1.71 bits per heavy atom. The van der Waals surface area contributed by atoms with Gasteiger partial charge in [-0.3, -0.25) is 14.5 Å². The van der Waals surface area contributed by atoms with Crippen LogP contribution in [0.3, 0.4) is 0 Å². The van der Waals surface area contributed by atoms with Crippen molar-refractivity contribution in [2.75, 3.05) is 19.1 Å². The molecule has 0 aliphatic carbocycles. The number of hydrogen-bond acceptors (Lipinski definition) is 5. The van der Waals surface area contributed by atoms with Crippen LogP contribution in [-0.4, -0.2) is 31.0 Å². The van der Waals surface area contributed by atoms with Crippen molar-refractivity contribution in [3.05, 3.63) is 93.0 Å². The van der Waals surface area contributed by atoms with Crippen LogP contribution >= 0.6 is 23.2 Å². The van der Waals surface area contributed by atoms with Crippen LogP contribution < -0.4 is 14.4 Å². The van der Waals surface area contributed by atoms with Gasteiger partial charge in [-0.25, -0.2) is 0 Å². The van der Waals surface area contributed by atoms with Gasteiger partial charge in [0.05, 0.1) is 36.4 Å². The molecule has 0 spiro atoms. The largest absolute Gasteiger partial charge is 0.507 e. The molecule has 1 atom stereocenters. The van der Waals surface area contributed by atoms with E-state index in [0.717, 1.165) is 5.56 Å². The van der Waals surface area contributed by atoms with Gasteiger partial charge in [0.1, 0.15) is 17.3 Å². The van der Waals surface area contributed by atoms with Crippen LogP contribution in [0.25, 0.3) is 5.76 Å². The maximum atomic E-state index is 13.4. The fraction of sp³-hybridized carbons (Fsp3) is 0.154. The first-order valence-electron chi connectivity index (χ1n) is 10.3. The zero-order chi connectivity index (χ0) is 24.6. The van der Waals surface area contributed by atoms with Gasteiger partial charge in [-0.1, -0.05) is 53.5 Å². The van der Waals surface area contributed by atoms with E-state index < -0.39 is 23.5 Å². The van der Waals surface area contributed by atoms with Crippen LogP contribution in [-0.2, 0) is 9.59 Å². The van der Waals surface area contributed by atoms with Crippen molar-refractivity contribution in [2.24, 2.45) is 0 Å². The molecule has 0 bridgehead atoms. The summed E-state index contributed by atoms with van der Waals surface area (Å²) in [7, 11) is 2.91. The first kappa shape index (κ1) is 23.7. The summed E-state index contributed by atoms with van der Waals surface area (Å²) in [4.78, 5) is 28.1. The van der Waals surface area contributed by atoms with E-state index in [4.69, 9.17) is 32.7 Å². The lowest BCUT2D eigenvalue weighted by Gasteiger charge is -2.27. The molecule has 4 rings (SSSR count). The maximum absolute atomic E-state index is 13.4. The average molecular weight is 498 g/mol. The van der Waals surface area contributed by atoms with Gasteiger partial charge in [0.15, 0.2) is 0 Å². The smallest absolute Gasteiger partial charge is 0.300 e. The molecule has 6 nitrogen and oxygen atoms in total. The Balaban J connectivity index is 2.04. The summed E-state index contributed by atoms with van der Waals surface area (Å²) in [5, 5.41) is 11.8. The maximum Gasteiger partial charge on any atom is 0.300 e. The van der Waals surface area contributed by atoms with Gasteiger partial charge in [0.25, 0.3) is 11.7 Å². The Labute approximate surface area is 206 Å². The number of amides is 1. The molecule has 1 saturated heterocycles. The molecular weight excluding hydrogens is 477 g/mol. The number of halogens is 2. The van der Waals surface area contributed by atoms with Gasteiger partial charge in [0.2, 0.25) is 0 Å². The summed E-state index contributed by atoms with van der Waals surface area (Å²) in [5.41, 5.74) is 1.91. The number of carbonyl (C=O) groups is 2. The van der Waals surface area contributed by atoms with E-state index in [1.54, 1.807) is 36.4 Å². The fourth-order valence-electron chi connectivity index (χ4n) is 4.13. The summed E-state index contributed by atoms with van der Waals surface area (Å²) in [6.07, 6.45) is 0. The second-order valence-electron chi connectivity index (χ2n) is 7.70. The van der Waals surface area contributed by atoms with Crippen LogP contribution in [0.4, 0.5) is 5.69 Å². The number of nitrogens with zero attached hydrogens (tertiary/aromatic N) is 1. The predicted octanol–water partition coefficient (Wildman–Crippen LogP) is 5.95. The number of aliphatic hydroxyl groups excluding tert-OH is 1. The lowest BCUT2D eigenvalue weighted by atomic mass is 9.94. The number of aliphatic hydroxyl groups is 1. The first-order valence-corrected chi connectivity index (χ1v) is 11.1. The number of ketones is 1. The minimum atomic E-state index is -0.932. The number of carbonyl (C=O) groups excluding carboxylic acids is 2. The number of hydrogen-bond donors (Lipinski definition) is 1. The van der Waals surface area contributed by atoms with E-state index >= 15 is 0 Å². The van der Waals surface area contributed by atoms with Crippen LogP contribution in [0.1, 0.15) is 22.7 Å². The average Bonchev–Trinajstić information content (AvgIpc) is 3.09. The van der Waals surface area contributed by atoms with Gasteiger partial charge in [-0.15, -0.1) is 0 Å². The van der Waals surface area contributed by atoms with Gasteiger partial charge in [0, 0.05) is 10.7 Å². The molecule has 0 aromatic heterocycles. The summed E-state index contributed by atoms with van der Waals surface area (Å²) in [6.45, 7) is 1.84. The number of aryl methyl sites for hydroxylation is 1. The SMILES string of the molecule is COc1cccc(C2/C(=C(\O)c3cc(Cl)cc(Cl)c3OC)C(=O)C(=O)N2c2ccccc2C)c1. The Morgan fingerprint density at radius 1 is 0.971 bits per heavy atom. The highest BCUT2D eigenvalue weighted by Gasteiger charge is 2.47. The van der Waals surface area contributed by atoms with E-state index in [-0.39, 0.29) is 26.9 Å². The molecule has 1 heterocycles. The lowest BCUT2D eigenvalue weighted by Crippen LogP contribution is -2.30. The Hall–Kier alpha value is -3.48. The van der Waals surface area contributed by atoms with Crippen LogP contribution in [0.5, 0.6) is 11.5 Å². The van der Waals surface area contributed by atoms with E-state index in [1.807, 2.05) is 19.1 Å². The van der Waals surface area contributed by atoms with Crippen LogP contribution in [0.15, 0.2) is 66.2 Å². The highest BCUT2D eigenvalue weighted by atomic mass is 35.5. The van der Waals surface area contributed by atoms with E-state index in [2.05, 4.69) is 0 Å². The number of benzene rings is 3. The van der Waals surface area contributed by atoms with Gasteiger partial charge >= 0.3 is 0 Å². The molecule has 0 radical (unpaired) electrons. The zero-order valence-electron chi connectivity index (χ0n) is 18.6. The predicted molar refractivity (Wildman–Crippen MR) is 132 cm³/mol. The van der Waals surface area contributed by atoms with E-state index in [1.165, 1.54) is 31.3 Å². The Bertz CT molecular complexity index is 1330. The number of para-hydroxylation sites is 1. The number of ether oxygens (including phenoxy) is 2. The zero-order valence-corrected chi connectivity index (χ0v) is 20.1. The van der Waals surface area contributed by atoms with Gasteiger partial charge < -0.3 is 14.6 Å². The van der Waals surface area contributed by atoms with Crippen molar-refractivity contribution in [1.82, 2.24) is 0 Å². The molecule has 0 saturated carbocycles. The number of rotatable bonds is 5. The van der Waals surface area contributed by atoms with Crippen molar-refractivity contribution in [1.29, 1.82) is 0 Å². The van der Waals surface area contributed by atoms with Crippen molar-refractivity contribution in [3.8, 4) is 11.5 Å². The Morgan fingerprint density at radius 3 is 2.38 bits per heavy atom. The summed E-state index contributed by atoms with van der Waals surface area (Å²) in [6, 6.07) is 16.2. The molecule has 34 heavy (non-hydrogen) atoms. The summed E-state index contributed by atoms with van der Waals surface area (Å²) in [5.74, 6) is -1.38. The molecule has 174 valence electrons. The number of anilines is 1. The monoisotopic (exact) mass is 497 g/mol. The lowest BCUT2D eigenvalue weighted by molar-refractivity contribution is -0.132. The van der Waals surface area contributed by atoms with Crippen LogP contribution in [0, 0.1) is 6.92 Å². The number of Topliss-reactive ketones (excluding diaryl/α,β-unsaturated/α-hetero) is 1. The quantitative estimate of drug-likeness (QED) is 0.268. The van der Waals surface area contributed by atoms with Crippen molar-refractivity contribution >= 4 is 46.3 Å². The standard InChI is InChI=1S/C26H21Cl2NO5/c1-14-7-4-5-10-20(14)29-22(15-8-6-9-17(11-15)33-2)21(24(31)26(29)32)23(30)18-12-16(27)13-19(28)25(18)34-3/h4-13,22,30H,1-3H3/b23-21+. The summed E-state index contributed by atoms with van der Waals surface area (Å²) < 4.78 is 10.7. The fourth-order valence-corrected chi connectivity index (χ4v) is 4.70. The van der Waals surface area contributed by atoms with E-state index in [9.17, 15) is 14.7 Å². The van der Waals surface area contributed by atoms with Crippen LogP contribution in [0.2, 0.25) is 10.0 Å². The first-order chi connectivity index (χ1) is 16.3.